The Bertz CT molecular complexity index is 817. The molecular weight excluding hydrogens is 296 g/mol. The Balaban J connectivity index is 2.27. The average molecular weight is 314 g/mol. The lowest BCUT2D eigenvalue weighted by Gasteiger charge is -2.13. The van der Waals surface area contributed by atoms with Crippen molar-refractivity contribution in [1.82, 2.24) is 0 Å². The molecular formula is C22H18O2. The van der Waals surface area contributed by atoms with Gasteiger partial charge in [-0.1, -0.05) is 78.9 Å². The molecule has 2 nitrogen and oxygen atoms in total. The zero-order valence-electron chi connectivity index (χ0n) is 13.4. The molecule has 0 unspecified atom stereocenters. The Morgan fingerprint density at radius 1 is 0.750 bits per heavy atom. The first-order valence-electron chi connectivity index (χ1n) is 7.82. The highest BCUT2D eigenvalue weighted by atomic mass is 16.3. The van der Waals surface area contributed by atoms with Crippen molar-refractivity contribution in [3.8, 4) is 22.3 Å². The Kier molecular flexibility index (Phi) is 4.57. The molecule has 0 spiro atoms. The van der Waals surface area contributed by atoms with E-state index in [1.165, 1.54) is 13.0 Å². The molecule has 3 rings (SSSR count). The highest BCUT2D eigenvalue weighted by molar-refractivity contribution is 6.13. The van der Waals surface area contributed by atoms with Gasteiger partial charge in [-0.05, 0) is 29.2 Å². The zero-order valence-corrected chi connectivity index (χ0v) is 13.4. The van der Waals surface area contributed by atoms with Gasteiger partial charge in [0.2, 0.25) is 0 Å². The Morgan fingerprint density at radius 2 is 1.21 bits per heavy atom. The molecule has 0 bridgehead atoms. The largest absolute Gasteiger partial charge is 0.512 e. The van der Waals surface area contributed by atoms with Gasteiger partial charge < -0.3 is 5.11 Å². The monoisotopic (exact) mass is 314 g/mol. The molecule has 0 aliphatic heterocycles. The molecule has 0 atom stereocenters. The zero-order chi connectivity index (χ0) is 16.9. The summed E-state index contributed by atoms with van der Waals surface area (Å²) in [4.78, 5) is 12.8. The summed E-state index contributed by atoms with van der Waals surface area (Å²) >= 11 is 0. The van der Waals surface area contributed by atoms with Crippen LogP contribution in [-0.2, 0) is 0 Å². The lowest BCUT2D eigenvalue weighted by Crippen LogP contribution is -2.02. The Morgan fingerprint density at radius 3 is 1.62 bits per heavy atom. The summed E-state index contributed by atoms with van der Waals surface area (Å²) in [7, 11) is 0. The van der Waals surface area contributed by atoms with Gasteiger partial charge in [-0.25, -0.2) is 0 Å². The summed E-state index contributed by atoms with van der Waals surface area (Å²) in [5.41, 5.74) is 4.27. The first-order valence-corrected chi connectivity index (χ1v) is 7.82. The van der Waals surface area contributed by atoms with E-state index in [0.717, 1.165) is 22.3 Å². The molecule has 0 saturated heterocycles. The van der Waals surface area contributed by atoms with Gasteiger partial charge >= 0.3 is 0 Å². The molecule has 0 fully saturated rings. The summed E-state index contributed by atoms with van der Waals surface area (Å²) < 4.78 is 0. The normalized spacial score (nSPS) is 11.3. The molecule has 0 aromatic heterocycles. The number of rotatable bonds is 4. The highest BCUT2D eigenvalue weighted by Gasteiger charge is 2.17. The fourth-order valence-electron chi connectivity index (χ4n) is 2.80. The van der Waals surface area contributed by atoms with Crippen LogP contribution in [0.2, 0.25) is 0 Å². The molecule has 2 heteroatoms. The maximum Gasteiger partial charge on any atom is 0.190 e. The van der Waals surface area contributed by atoms with Crippen molar-refractivity contribution in [3.05, 3.63) is 96.3 Å². The van der Waals surface area contributed by atoms with Gasteiger partial charge in [0.15, 0.2) is 5.78 Å². The third kappa shape index (κ3) is 3.28. The molecule has 0 heterocycles. The molecule has 118 valence electrons. The van der Waals surface area contributed by atoms with Crippen LogP contribution in [0.4, 0.5) is 0 Å². The van der Waals surface area contributed by atoms with Crippen LogP contribution in [0.3, 0.4) is 0 Å². The van der Waals surface area contributed by atoms with E-state index in [0.29, 0.717) is 5.56 Å². The topological polar surface area (TPSA) is 37.3 Å². The number of aliphatic hydroxyl groups excluding tert-OH is 1. The summed E-state index contributed by atoms with van der Waals surface area (Å²) in [5.74, 6) is -0.199. The predicted octanol–water partition coefficient (Wildman–Crippen LogP) is 5.67. The molecule has 0 amide bonds. The van der Waals surface area contributed by atoms with E-state index in [9.17, 15) is 9.90 Å². The van der Waals surface area contributed by atoms with Crippen LogP contribution < -0.4 is 0 Å². The second-order valence-corrected chi connectivity index (χ2v) is 5.61. The molecule has 0 aliphatic carbocycles. The van der Waals surface area contributed by atoms with Crippen molar-refractivity contribution in [2.45, 2.75) is 6.92 Å². The van der Waals surface area contributed by atoms with Crippen LogP contribution in [0, 0.1) is 0 Å². The Labute approximate surface area is 141 Å². The van der Waals surface area contributed by atoms with Crippen molar-refractivity contribution in [1.29, 1.82) is 0 Å². The SMILES string of the molecule is C/C(O)=C/C(=O)c1c(-c2ccccc2)cccc1-c1ccccc1. The van der Waals surface area contributed by atoms with E-state index in [2.05, 4.69) is 0 Å². The predicted molar refractivity (Wildman–Crippen MR) is 98.0 cm³/mol. The van der Waals surface area contributed by atoms with Crippen LogP contribution in [0.25, 0.3) is 22.3 Å². The van der Waals surface area contributed by atoms with E-state index in [1.807, 2.05) is 78.9 Å². The Hall–Kier alpha value is -3.13. The second-order valence-electron chi connectivity index (χ2n) is 5.61. The molecule has 0 radical (unpaired) electrons. The van der Waals surface area contributed by atoms with Crippen molar-refractivity contribution in [2.75, 3.05) is 0 Å². The minimum Gasteiger partial charge on any atom is -0.512 e. The fraction of sp³-hybridized carbons (Fsp3) is 0.0455. The number of carbonyl (C=O) groups is 1. The van der Waals surface area contributed by atoms with Crippen LogP contribution in [-0.4, -0.2) is 10.9 Å². The van der Waals surface area contributed by atoms with Crippen molar-refractivity contribution < 1.29 is 9.90 Å². The van der Waals surface area contributed by atoms with Crippen molar-refractivity contribution in [3.63, 3.8) is 0 Å². The third-order valence-corrected chi connectivity index (χ3v) is 3.82. The van der Waals surface area contributed by atoms with E-state index >= 15 is 0 Å². The van der Waals surface area contributed by atoms with Gasteiger partial charge in [0.1, 0.15) is 0 Å². The third-order valence-electron chi connectivity index (χ3n) is 3.82. The van der Waals surface area contributed by atoms with Crippen molar-refractivity contribution in [2.24, 2.45) is 0 Å². The second kappa shape index (κ2) is 6.97. The van der Waals surface area contributed by atoms with E-state index in [4.69, 9.17) is 0 Å². The summed E-state index contributed by atoms with van der Waals surface area (Å²) in [6, 6.07) is 25.5. The number of allylic oxidation sites excluding steroid dienone is 2. The van der Waals surface area contributed by atoms with E-state index < -0.39 is 0 Å². The molecule has 0 saturated carbocycles. The summed E-state index contributed by atoms with van der Waals surface area (Å²) in [6.45, 7) is 1.51. The fourth-order valence-corrected chi connectivity index (χ4v) is 2.80. The molecule has 0 aliphatic rings. The van der Waals surface area contributed by atoms with Gasteiger partial charge in [0.25, 0.3) is 0 Å². The van der Waals surface area contributed by atoms with Crippen LogP contribution in [0.1, 0.15) is 17.3 Å². The quantitative estimate of drug-likeness (QED) is 0.383. The summed E-state index contributed by atoms with van der Waals surface area (Å²) in [6.07, 6.45) is 1.27. The highest BCUT2D eigenvalue weighted by Crippen LogP contribution is 2.33. The van der Waals surface area contributed by atoms with Crippen LogP contribution >= 0.6 is 0 Å². The molecule has 3 aromatic carbocycles. The van der Waals surface area contributed by atoms with Gasteiger partial charge in [-0.2, -0.15) is 0 Å². The minimum atomic E-state index is -0.201. The van der Waals surface area contributed by atoms with Crippen molar-refractivity contribution >= 4 is 5.78 Å². The summed E-state index contributed by atoms with van der Waals surface area (Å²) in [5, 5.41) is 9.55. The lowest BCUT2D eigenvalue weighted by atomic mass is 9.89. The average Bonchev–Trinajstić information content (AvgIpc) is 2.62. The number of hydrogen-bond acceptors (Lipinski definition) is 2. The van der Waals surface area contributed by atoms with Gasteiger partial charge in [-0.3, -0.25) is 4.79 Å². The number of carbonyl (C=O) groups excluding carboxylic acids is 1. The first kappa shape index (κ1) is 15.8. The number of benzene rings is 3. The maximum absolute atomic E-state index is 12.8. The molecule has 3 aromatic rings. The van der Waals surface area contributed by atoms with Gasteiger partial charge in [-0.15, -0.1) is 0 Å². The van der Waals surface area contributed by atoms with Crippen LogP contribution in [0.15, 0.2) is 90.7 Å². The number of ketones is 1. The molecule has 1 N–H and O–H groups in total. The molecule has 24 heavy (non-hydrogen) atoms. The smallest absolute Gasteiger partial charge is 0.190 e. The standard InChI is InChI=1S/C22H18O2/c1-16(23)15-21(24)22-19(17-9-4-2-5-10-17)13-8-14-20(22)18-11-6-3-7-12-18/h2-15,23H,1H3/b16-15-. The van der Waals surface area contributed by atoms with E-state index in [1.54, 1.807) is 0 Å². The first-order chi connectivity index (χ1) is 11.7. The van der Waals surface area contributed by atoms with Gasteiger partial charge in [0, 0.05) is 11.6 Å². The van der Waals surface area contributed by atoms with Crippen LogP contribution in [0.5, 0.6) is 0 Å². The maximum atomic E-state index is 12.8. The number of hydrogen-bond donors (Lipinski definition) is 1. The number of aliphatic hydroxyl groups is 1. The minimum absolute atomic E-state index is 0.00174. The van der Waals surface area contributed by atoms with Gasteiger partial charge in [0.05, 0.1) is 5.76 Å². The van der Waals surface area contributed by atoms with E-state index in [-0.39, 0.29) is 11.5 Å². The lowest BCUT2D eigenvalue weighted by molar-refractivity contribution is 0.104.